The Morgan fingerprint density at radius 2 is 2.05 bits per heavy atom. The summed E-state index contributed by atoms with van der Waals surface area (Å²) in [5.74, 6) is 0.877. The van der Waals surface area contributed by atoms with E-state index in [0.29, 0.717) is 11.8 Å². The molecule has 1 fully saturated rings. The van der Waals surface area contributed by atoms with Gasteiger partial charge in [0.25, 0.3) is 0 Å². The van der Waals surface area contributed by atoms with Crippen LogP contribution in [0.3, 0.4) is 0 Å². The highest BCUT2D eigenvalue weighted by Crippen LogP contribution is 2.39. The molecule has 116 valence electrons. The minimum absolute atomic E-state index is 0.191. The van der Waals surface area contributed by atoms with Crippen LogP contribution in [-0.4, -0.2) is 11.0 Å². The van der Waals surface area contributed by atoms with E-state index in [9.17, 15) is 4.39 Å². The van der Waals surface area contributed by atoms with Crippen LogP contribution in [0.25, 0.3) is 10.9 Å². The summed E-state index contributed by atoms with van der Waals surface area (Å²) >= 11 is 0. The van der Waals surface area contributed by atoms with Crippen LogP contribution >= 0.6 is 0 Å². The van der Waals surface area contributed by atoms with Gasteiger partial charge in [-0.3, -0.25) is 4.98 Å². The predicted octanol–water partition coefficient (Wildman–Crippen LogP) is 4.55. The molecule has 0 spiro atoms. The Balaban J connectivity index is 1.79. The Kier molecular flexibility index (Phi) is 4.53. The van der Waals surface area contributed by atoms with Crippen LogP contribution in [0.5, 0.6) is 0 Å². The van der Waals surface area contributed by atoms with E-state index < -0.39 is 0 Å². The third-order valence-electron chi connectivity index (χ3n) is 4.99. The van der Waals surface area contributed by atoms with Crippen LogP contribution in [0.2, 0.25) is 0 Å². The van der Waals surface area contributed by atoms with Crippen molar-refractivity contribution in [2.45, 2.75) is 44.1 Å². The molecule has 1 aromatic carbocycles. The van der Waals surface area contributed by atoms with Gasteiger partial charge in [0.15, 0.2) is 0 Å². The van der Waals surface area contributed by atoms with E-state index in [4.69, 9.17) is 5.73 Å². The molecule has 0 saturated heterocycles. The van der Waals surface area contributed by atoms with Crippen LogP contribution in [0, 0.1) is 11.7 Å². The highest BCUT2D eigenvalue weighted by molar-refractivity contribution is 5.82. The normalized spacial score (nSPS) is 23.4. The van der Waals surface area contributed by atoms with Crippen LogP contribution in [0.15, 0.2) is 43.1 Å². The van der Waals surface area contributed by atoms with Gasteiger partial charge in [-0.25, -0.2) is 4.39 Å². The maximum Gasteiger partial charge on any atom is 0.123 e. The maximum atomic E-state index is 13.6. The summed E-state index contributed by atoms with van der Waals surface area (Å²) in [5.41, 5.74) is 8.34. The number of nitrogens with two attached hydrogens (primary N) is 1. The second-order valence-corrected chi connectivity index (χ2v) is 6.36. The van der Waals surface area contributed by atoms with E-state index in [0.717, 1.165) is 43.0 Å². The number of pyridine rings is 1. The zero-order valence-electron chi connectivity index (χ0n) is 12.8. The number of hydrogen-bond acceptors (Lipinski definition) is 2. The van der Waals surface area contributed by atoms with Crippen molar-refractivity contribution >= 4 is 10.9 Å². The zero-order valence-corrected chi connectivity index (χ0v) is 12.8. The van der Waals surface area contributed by atoms with E-state index in [1.165, 1.54) is 11.6 Å². The molecule has 1 aromatic heterocycles. The lowest BCUT2D eigenvalue weighted by Gasteiger charge is -2.32. The van der Waals surface area contributed by atoms with Gasteiger partial charge in [0, 0.05) is 17.6 Å². The SMILES string of the molecule is C=CC[C@@H](N)[C@H]1CC[C@@H](c2ccnc3ccc(F)cc32)CC1. The van der Waals surface area contributed by atoms with Gasteiger partial charge < -0.3 is 5.73 Å². The van der Waals surface area contributed by atoms with Gasteiger partial charge in [0.2, 0.25) is 0 Å². The van der Waals surface area contributed by atoms with Crippen LogP contribution in [0.1, 0.15) is 43.6 Å². The Bertz CT molecular complexity index is 660. The summed E-state index contributed by atoms with van der Waals surface area (Å²) in [6.07, 6.45) is 9.15. The van der Waals surface area contributed by atoms with Crippen molar-refractivity contribution in [1.29, 1.82) is 0 Å². The number of benzene rings is 1. The molecule has 0 amide bonds. The van der Waals surface area contributed by atoms with Crippen molar-refractivity contribution in [2.75, 3.05) is 0 Å². The molecule has 22 heavy (non-hydrogen) atoms. The lowest BCUT2D eigenvalue weighted by molar-refractivity contribution is 0.283. The summed E-state index contributed by atoms with van der Waals surface area (Å²) < 4.78 is 13.6. The molecule has 1 aliphatic rings. The second-order valence-electron chi connectivity index (χ2n) is 6.36. The number of halogens is 1. The molecule has 3 heteroatoms. The van der Waals surface area contributed by atoms with Gasteiger partial charge in [0.05, 0.1) is 5.52 Å². The third kappa shape index (κ3) is 3.05. The van der Waals surface area contributed by atoms with E-state index in [2.05, 4.69) is 17.6 Å². The van der Waals surface area contributed by atoms with Crippen LogP contribution in [0.4, 0.5) is 4.39 Å². The largest absolute Gasteiger partial charge is 0.327 e. The average Bonchev–Trinajstić information content (AvgIpc) is 2.54. The van der Waals surface area contributed by atoms with Crippen molar-refractivity contribution < 1.29 is 4.39 Å². The molecule has 1 aliphatic carbocycles. The lowest BCUT2D eigenvalue weighted by Crippen LogP contribution is -2.32. The first-order chi connectivity index (χ1) is 10.7. The molecule has 2 aromatic rings. The summed E-state index contributed by atoms with van der Waals surface area (Å²) in [6.45, 7) is 3.78. The molecule has 2 N–H and O–H groups in total. The Hall–Kier alpha value is -1.74. The molecular weight excluding hydrogens is 275 g/mol. The molecular formula is C19H23FN2. The lowest BCUT2D eigenvalue weighted by atomic mass is 9.75. The molecule has 3 rings (SSSR count). The summed E-state index contributed by atoms with van der Waals surface area (Å²) in [7, 11) is 0. The van der Waals surface area contributed by atoms with Crippen molar-refractivity contribution in [1.82, 2.24) is 4.98 Å². The zero-order chi connectivity index (χ0) is 15.5. The standard InChI is InChI=1S/C19H23FN2/c1-2-3-18(21)14-6-4-13(5-7-14)16-10-11-22-19-9-8-15(20)12-17(16)19/h2,8-14,18H,1,3-7,21H2/t13-,14+,18-/m1/s1. The minimum Gasteiger partial charge on any atom is -0.327 e. The van der Waals surface area contributed by atoms with Crippen molar-refractivity contribution in [3.63, 3.8) is 0 Å². The molecule has 2 nitrogen and oxygen atoms in total. The van der Waals surface area contributed by atoms with E-state index in [1.54, 1.807) is 12.1 Å². The fourth-order valence-electron chi connectivity index (χ4n) is 3.74. The maximum absolute atomic E-state index is 13.6. The summed E-state index contributed by atoms with van der Waals surface area (Å²) in [6, 6.07) is 7.14. The van der Waals surface area contributed by atoms with Gasteiger partial charge in [-0.1, -0.05) is 6.08 Å². The van der Waals surface area contributed by atoms with Gasteiger partial charge in [-0.2, -0.15) is 0 Å². The van der Waals surface area contributed by atoms with Gasteiger partial charge in [0.1, 0.15) is 5.82 Å². The van der Waals surface area contributed by atoms with Gasteiger partial charge in [-0.15, -0.1) is 6.58 Å². The number of fused-ring (bicyclic) bond motifs is 1. The molecule has 0 bridgehead atoms. The molecule has 0 unspecified atom stereocenters. The van der Waals surface area contributed by atoms with E-state index in [-0.39, 0.29) is 11.9 Å². The van der Waals surface area contributed by atoms with Gasteiger partial charge in [-0.05, 0) is 73.8 Å². The Morgan fingerprint density at radius 1 is 1.27 bits per heavy atom. The molecule has 1 saturated carbocycles. The smallest absolute Gasteiger partial charge is 0.123 e. The summed E-state index contributed by atoms with van der Waals surface area (Å²) in [4.78, 5) is 4.35. The van der Waals surface area contributed by atoms with Crippen LogP contribution in [-0.2, 0) is 0 Å². The number of hydrogen-bond donors (Lipinski definition) is 1. The first kappa shape index (κ1) is 15.2. The third-order valence-corrected chi connectivity index (χ3v) is 4.99. The quantitative estimate of drug-likeness (QED) is 0.841. The Labute approximate surface area is 131 Å². The monoisotopic (exact) mass is 298 g/mol. The average molecular weight is 298 g/mol. The van der Waals surface area contributed by atoms with E-state index in [1.807, 2.05) is 12.3 Å². The highest BCUT2D eigenvalue weighted by atomic mass is 19.1. The summed E-state index contributed by atoms with van der Waals surface area (Å²) in [5, 5.41) is 0.960. The molecule has 1 atom stereocenters. The fourth-order valence-corrected chi connectivity index (χ4v) is 3.74. The predicted molar refractivity (Wildman–Crippen MR) is 89.2 cm³/mol. The highest BCUT2D eigenvalue weighted by Gasteiger charge is 2.26. The first-order valence-electron chi connectivity index (χ1n) is 8.09. The minimum atomic E-state index is -0.191. The number of nitrogens with zero attached hydrogens (tertiary/aromatic N) is 1. The van der Waals surface area contributed by atoms with Crippen molar-refractivity contribution in [3.8, 4) is 0 Å². The molecule has 1 heterocycles. The topological polar surface area (TPSA) is 38.9 Å². The van der Waals surface area contributed by atoms with Crippen LogP contribution < -0.4 is 5.73 Å². The van der Waals surface area contributed by atoms with Crippen molar-refractivity contribution in [2.24, 2.45) is 11.7 Å². The number of rotatable bonds is 4. The fraction of sp³-hybridized carbons (Fsp3) is 0.421. The molecule has 0 radical (unpaired) electrons. The first-order valence-corrected chi connectivity index (χ1v) is 8.09. The second kappa shape index (κ2) is 6.57. The van der Waals surface area contributed by atoms with Gasteiger partial charge >= 0.3 is 0 Å². The molecule has 0 aliphatic heterocycles. The van der Waals surface area contributed by atoms with E-state index >= 15 is 0 Å². The van der Waals surface area contributed by atoms with Crippen molar-refractivity contribution in [3.05, 3.63) is 54.5 Å². The number of aromatic nitrogens is 1. The Morgan fingerprint density at radius 3 is 2.77 bits per heavy atom.